The second kappa shape index (κ2) is 29.6. The van der Waals surface area contributed by atoms with Crippen molar-refractivity contribution < 1.29 is 108 Å². The van der Waals surface area contributed by atoms with E-state index in [0.29, 0.717) is 24.8 Å². The zero-order valence-corrected chi connectivity index (χ0v) is 35.4. The molecule has 0 spiro atoms. The fourth-order valence-electron chi connectivity index (χ4n) is 5.59. The van der Waals surface area contributed by atoms with Crippen molar-refractivity contribution in [2.24, 2.45) is 0 Å². The molecule has 2 unspecified atom stereocenters. The molecule has 1 rings (SSSR count). The van der Waals surface area contributed by atoms with Gasteiger partial charge >= 0.3 is 65.1 Å². The second-order valence-electron chi connectivity index (χ2n) is 12.2. The Bertz CT molecular complexity index is 1130. The van der Waals surface area contributed by atoms with Crippen LogP contribution in [0.2, 0.25) is 0 Å². The van der Waals surface area contributed by atoms with E-state index in [1.165, 1.54) is 76.8 Å². The Kier molecular flexibility index (Phi) is 31.0. The Balaban J connectivity index is 0. The predicted octanol–water partition coefficient (Wildman–Crippen LogP) is 1.42. The maximum Gasteiger partial charge on any atom is 1.00 e. The number of ether oxygens (including phenoxy) is 1. The number of unbranched alkanes of at least 4 members (excludes halogenated alkanes) is 17. The first-order valence-corrected chi connectivity index (χ1v) is 19.8. The SMILES string of the molecule is CCCCCCCCC(O)C(CCCCCCCCCCCCCCCc1cc(OS(=O)(=O)[O-])cc(OS(=O)(=O)[O-])c1)OC(C)=O.[Na+].[Na+]. The molecule has 0 heterocycles. The number of benzene rings is 1. The summed E-state index contributed by atoms with van der Waals surface area (Å²) >= 11 is 0. The van der Waals surface area contributed by atoms with Gasteiger partial charge in [0, 0.05) is 13.0 Å². The Morgan fingerprint density at radius 1 is 0.646 bits per heavy atom. The van der Waals surface area contributed by atoms with Gasteiger partial charge in [-0.2, -0.15) is 0 Å². The molecule has 0 amide bonds. The quantitative estimate of drug-likeness (QED) is 0.0413. The van der Waals surface area contributed by atoms with E-state index in [1.54, 1.807) is 0 Å². The molecule has 1 aromatic carbocycles. The van der Waals surface area contributed by atoms with E-state index in [2.05, 4.69) is 15.3 Å². The van der Waals surface area contributed by atoms with Gasteiger partial charge in [0.1, 0.15) is 17.6 Å². The van der Waals surface area contributed by atoms with E-state index in [4.69, 9.17) is 4.74 Å². The molecule has 15 heteroatoms. The summed E-state index contributed by atoms with van der Waals surface area (Å²) in [5.74, 6) is -1.15. The van der Waals surface area contributed by atoms with Crippen molar-refractivity contribution in [2.75, 3.05) is 0 Å². The Labute approximate surface area is 334 Å². The maximum absolute atomic E-state index is 11.5. The molecule has 0 saturated carbocycles. The second-order valence-corrected chi connectivity index (χ2v) is 14.2. The zero-order chi connectivity index (χ0) is 34.3. The minimum atomic E-state index is -5.07. The first-order valence-electron chi connectivity index (χ1n) is 17.1. The number of carbonyl (C=O) groups is 1. The van der Waals surface area contributed by atoms with Crippen molar-refractivity contribution in [2.45, 2.75) is 167 Å². The number of hydrogen-bond acceptors (Lipinski definition) is 11. The van der Waals surface area contributed by atoms with Gasteiger partial charge in [0.05, 0.1) is 6.10 Å². The number of esters is 1. The molecule has 0 fully saturated rings. The third kappa shape index (κ3) is 29.8. The first kappa shape index (κ1) is 50.2. The average Bonchev–Trinajstić information content (AvgIpc) is 2.94. The molecule has 11 nitrogen and oxygen atoms in total. The van der Waals surface area contributed by atoms with Gasteiger partial charge in [0.25, 0.3) is 20.8 Å². The van der Waals surface area contributed by atoms with Crippen LogP contribution in [-0.2, 0) is 36.8 Å². The van der Waals surface area contributed by atoms with E-state index in [9.17, 15) is 35.8 Å². The maximum atomic E-state index is 11.5. The van der Waals surface area contributed by atoms with Crippen LogP contribution in [0.5, 0.6) is 11.5 Å². The van der Waals surface area contributed by atoms with Crippen molar-refractivity contribution in [3.05, 3.63) is 23.8 Å². The van der Waals surface area contributed by atoms with Gasteiger partial charge in [0.2, 0.25) is 0 Å². The van der Waals surface area contributed by atoms with Crippen LogP contribution in [0.4, 0.5) is 0 Å². The summed E-state index contributed by atoms with van der Waals surface area (Å²) in [5, 5.41) is 10.6. The fourth-order valence-corrected chi connectivity index (χ4v) is 6.25. The van der Waals surface area contributed by atoms with E-state index in [1.807, 2.05) is 0 Å². The summed E-state index contributed by atoms with van der Waals surface area (Å²) < 4.78 is 79.4. The molecule has 268 valence electrons. The smallest absolute Gasteiger partial charge is 0.716 e. The van der Waals surface area contributed by atoms with Gasteiger partial charge in [-0.15, -0.1) is 0 Å². The third-order valence-corrected chi connectivity index (χ3v) is 8.68. The topological polar surface area (TPSA) is 179 Å². The first-order chi connectivity index (χ1) is 21.8. The Morgan fingerprint density at radius 3 is 1.42 bits per heavy atom. The van der Waals surface area contributed by atoms with Gasteiger partial charge in [-0.3, -0.25) is 4.79 Å². The summed E-state index contributed by atoms with van der Waals surface area (Å²) in [6, 6.07) is 3.48. The molecule has 0 aliphatic heterocycles. The molecular formula is C33H56Na2O11S2. The molecule has 0 bridgehead atoms. The Morgan fingerprint density at radius 2 is 1.02 bits per heavy atom. The van der Waals surface area contributed by atoms with Crippen LogP contribution >= 0.6 is 0 Å². The van der Waals surface area contributed by atoms with Crippen LogP contribution < -0.4 is 67.5 Å². The molecule has 0 aliphatic carbocycles. The molecule has 0 aliphatic rings. The zero-order valence-electron chi connectivity index (χ0n) is 29.8. The summed E-state index contributed by atoms with van der Waals surface area (Å²) in [6.07, 6.45) is 21.9. The number of carbonyl (C=O) groups excluding carboxylic acids is 1. The van der Waals surface area contributed by atoms with E-state index in [0.717, 1.165) is 70.3 Å². The van der Waals surface area contributed by atoms with Crippen molar-refractivity contribution in [1.82, 2.24) is 0 Å². The van der Waals surface area contributed by atoms with Crippen molar-refractivity contribution in [3.63, 3.8) is 0 Å². The van der Waals surface area contributed by atoms with Crippen molar-refractivity contribution in [3.8, 4) is 11.5 Å². The van der Waals surface area contributed by atoms with Gasteiger partial charge in [0.15, 0.2) is 0 Å². The summed E-state index contributed by atoms with van der Waals surface area (Å²) in [4.78, 5) is 11.5. The van der Waals surface area contributed by atoms with Crippen LogP contribution in [-0.4, -0.2) is 49.2 Å². The molecule has 2 atom stereocenters. The Hall–Kier alpha value is 0.0700. The van der Waals surface area contributed by atoms with Crippen LogP contribution in [0.3, 0.4) is 0 Å². The molecule has 0 radical (unpaired) electrons. The van der Waals surface area contributed by atoms with Crippen molar-refractivity contribution in [1.29, 1.82) is 0 Å². The largest absolute Gasteiger partial charge is 1.00 e. The number of hydrogen-bond donors (Lipinski definition) is 1. The van der Waals surface area contributed by atoms with E-state index in [-0.39, 0.29) is 65.1 Å². The van der Waals surface area contributed by atoms with Gasteiger partial charge in [-0.25, -0.2) is 16.8 Å². The minimum absolute atomic E-state index is 0. The standard InChI is InChI=1S/C33H58O11S2.2Na/c1-3-4-5-6-17-20-23-32(35)33(42-28(2)34)24-21-18-15-13-11-9-7-8-10-12-14-16-19-22-29-25-30(43-45(36,37)38)27-31(26-29)44-46(39,40)41;;/h25-27,32-33,35H,3-24H2,1-2H3,(H,36,37,38)(H,39,40,41);;/q;2*+1/p-2. The number of aliphatic hydroxyl groups excluding tert-OH is 1. The van der Waals surface area contributed by atoms with Gasteiger partial charge in [-0.1, -0.05) is 116 Å². The van der Waals surface area contributed by atoms with Crippen LogP contribution in [0.25, 0.3) is 0 Å². The average molecular weight is 739 g/mol. The van der Waals surface area contributed by atoms with Gasteiger partial charge in [-0.05, 0) is 49.8 Å². The third-order valence-electron chi connectivity index (χ3n) is 7.89. The number of aliphatic hydroxyl groups is 1. The molecule has 1 N–H and O–H groups in total. The normalized spacial score (nSPS) is 12.8. The number of rotatable bonds is 29. The summed E-state index contributed by atoms with van der Waals surface area (Å²) in [5.41, 5.74) is 0.491. The van der Waals surface area contributed by atoms with E-state index < -0.39 is 44.5 Å². The molecule has 48 heavy (non-hydrogen) atoms. The molecular weight excluding hydrogens is 682 g/mol. The monoisotopic (exact) mass is 738 g/mol. The fraction of sp³-hybridized carbons (Fsp3) is 0.788. The minimum Gasteiger partial charge on any atom is -0.716 e. The van der Waals surface area contributed by atoms with Crippen LogP contribution in [0.15, 0.2) is 18.2 Å². The number of aryl methyl sites for hydroxylation is 1. The van der Waals surface area contributed by atoms with E-state index >= 15 is 0 Å². The van der Waals surface area contributed by atoms with Gasteiger partial charge < -0.3 is 27.3 Å². The molecule has 0 saturated heterocycles. The summed E-state index contributed by atoms with van der Waals surface area (Å²) in [6.45, 7) is 3.60. The predicted molar refractivity (Wildman–Crippen MR) is 175 cm³/mol. The molecule has 1 aromatic rings. The molecule has 0 aromatic heterocycles. The van der Waals surface area contributed by atoms with Crippen molar-refractivity contribution >= 4 is 26.8 Å². The summed E-state index contributed by atoms with van der Waals surface area (Å²) in [7, 11) is -10.1. The van der Waals surface area contributed by atoms with Crippen LogP contribution in [0, 0.1) is 0 Å². The van der Waals surface area contributed by atoms with Crippen LogP contribution in [0.1, 0.15) is 154 Å².